The van der Waals surface area contributed by atoms with Crippen LogP contribution in [0.15, 0.2) is 12.1 Å². The number of benzene rings is 1. The monoisotopic (exact) mass is 191 g/mol. The Kier molecular flexibility index (Phi) is 3.02. The number of hydrogen-bond acceptors (Lipinski definition) is 2. The molecule has 0 radical (unpaired) electrons. The van der Waals surface area contributed by atoms with Gasteiger partial charge in [-0.3, -0.25) is 9.59 Å². The quantitative estimate of drug-likeness (QED) is 0.727. The molecule has 74 valence electrons. The molecule has 0 saturated carbocycles. The number of rotatable bonds is 2. The first-order chi connectivity index (χ1) is 6.54. The fraction of sp³-hybridized carbons (Fsp3) is 0.273. The van der Waals surface area contributed by atoms with Gasteiger partial charge in [0.1, 0.15) is 0 Å². The maximum Gasteiger partial charge on any atom is 0.221 e. The van der Waals surface area contributed by atoms with Crippen LogP contribution in [-0.4, -0.2) is 12.2 Å². The van der Waals surface area contributed by atoms with Crippen LogP contribution in [0.3, 0.4) is 0 Å². The minimum Gasteiger partial charge on any atom is -0.325 e. The molecule has 0 bridgehead atoms. The van der Waals surface area contributed by atoms with Crippen LogP contribution in [0, 0.1) is 13.8 Å². The first kappa shape index (κ1) is 10.4. The molecule has 0 aliphatic rings. The summed E-state index contributed by atoms with van der Waals surface area (Å²) in [5.74, 6) is -0.167. The van der Waals surface area contributed by atoms with Gasteiger partial charge in [-0.25, -0.2) is 0 Å². The van der Waals surface area contributed by atoms with Gasteiger partial charge >= 0.3 is 0 Å². The molecule has 14 heavy (non-hydrogen) atoms. The van der Waals surface area contributed by atoms with Crippen LogP contribution in [0.1, 0.15) is 28.4 Å². The van der Waals surface area contributed by atoms with Crippen molar-refractivity contribution >= 4 is 17.9 Å². The van der Waals surface area contributed by atoms with Crippen LogP contribution >= 0.6 is 0 Å². The summed E-state index contributed by atoms with van der Waals surface area (Å²) in [5.41, 5.74) is 3.05. The van der Waals surface area contributed by atoms with Gasteiger partial charge in [0, 0.05) is 12.5 Å². The largest absolute Gasteiger partial charge is 0.325 e. The van der Waals surface area contributed by atoms with E-state index in [1.54, 1.807) is 6.07 Å². The zero-order valence-corrected chi connectivity index (χ0v) is 8.55. The van der Waals surface area contributed by atoms with Crippen LogP contribution in [0.5, 0.6) is 0 Å². The zero-order chi connectivity index (χ0) is 10.7. The van der Waals surface area contributed by atoms with Gasteiger partial charge in [-0.15, -0.1) is 0 Å². The SMILES string of the molecule is CC(=O)Nc1c(C)cc(C)cc1C=O. The van der Waals surface area contributed by atoms with E-state index in [0.29, 0.717) is 11.3 Å². The van der Waals surface area contributed by atoms with E-state index in [4.69, 9.17) is 0 Å². The van der Waals surface area contributed by atoms with Gasteiger partial charge in [0.25, 0.3) is 0 Å². The minimum absolute atomic E-state index is 0.167. The first-order valence-electron chi connectivity index (χ1n) is 4.38. The van der Waals surface area contributed by atoms with Crippen LogP contribution < -0.4 is 5.32 Å². The van der Waals surface area contributed by atoms with Crippen molar-refractivity contribution in [3.63, 3.8) is 0 Å². The lowest BCUT2D eigenvalue weighted by Crippen LogP contribution is -2.09. The number of anilines is 1. The Morgan fingerprint density at radius 1 is 1.36 bits per heavy atom. The van der Waals surface area contributed by atoms with Gasteiger partial charge in [0.05, 0.1) is 5.69 Å². The Morgan fingerprint density at radius 3 is 2.50 bits per heavy atom. The number of aldehydes is 1. The molecule has 1 N–H and O–H groups in total. The number of nitrogens with one attached hydrogen (secondary N) is 1. The lowest BCUT2D eigenvalue weighted by Gasteiger charge is -2.10. The Balaban J connectivity index is 3.24. The van der Waals surface area contributed by atoms with E-state index in [9.17, 15) is 9.59 Å². The van der Waals surface area contributed by atoms with Gasteiger partial charge in [-0.05, 0) is 25.5 Å². The fourth-order valence-electron chi connectivity index (χ4n) is 1.44. The molecular formula is C11H13NO2. The maximum atomic E-state index is 10.9. The topological polar surface area (TPSA) is 46.2 Å². The summed E-state index contributed by atoms with van der Waals surface area (Å²) >= 11 is 0. The van der Waals surface area contributed by atoms with E-state index in [1.165, 1.54) is 6.92 Å². The van der Waals surface area contributed by atoms with Crippen molar-refractivity contribution in [2.45, 2.75) is 20.8 Å². The predicted molar refractivity (Wildman–Crippen MR) is 55.6 cm³/mol. The second kappa shape index (κ2) is 4.05. The molecule has 0 unspecified atom stereocenters. The van der Waals surface area contributed by atoms with Crippen molar-refractivity contribution in [1.29, 1.82) is 0 Å². The minimum atomic E-state index is -0.167. The van der Waals surface area contributed by atoms with Gasteiger partial charge in [-0.1, -0.05) is 11.6 Å². The Bertz CT molecular complexity index is 383. The molecule has 1 aromatic rings. The molecular weight excluding hydrogens is 178 g/mol. The lowest BCUT2D eigenvalue weighted by molar-refractivity contribution is -0.114. The third-order valence-corrected chi connectivity index (χ3v) is 1.94. The van der Waals surface area contributed by atoms with Gasteiger partial charge in [0.2, 0.25) is 5.91 Å². The average molecular weight is 191 g/mol. The molecule has 0 heterocycles. The normalized spacial score (nSPS) is 9.64. The van der Waals surface area contributed by atoms with E-state index < -0.39 is 0 Å². The predicted octanol–water partition coefficient (Wildman–Crippen LogP) is 2.07. The summed E-state index contributed by atoms with van der Waals surface area (Å²) in [6.45, 7) is 5.21. The summed E-state index contributed by atoms with van der Waals surface area (Å²) < 4.78 is 0. The second-order valence-electron chi connectivity index (χ2n) is 3.35. The Morgan fingerprint density at radius 2 is 2.00 bits per heavy atom. The molecule has 0 aliphatic heterocycles. The van der Waals surface area contributed by atoms with Crippen molar-refractivity contribution in [1.82, 2.24) is 0 Å². The third-order valence-electron chi connectivity index (χ3n) is 1.94. The molecule has 3 nitrogen and oxygen atoms in total. The Labute approximate surface area is 83.1 Å². The molecule has 1 aromatic carbocycles. The second-order valence-corrected chi connectivity index (χ2v) is 3.35. The van der Waals surface area contributed by atoms with Crippen LogP contribution in [-0.2, 0) is 4.79 Å². The van der Waals surface area contributed by atoms with Crippen molar-refractivity contribution < 1.29 is 9.59 Å². The summed E-state index contributed by atoms with van der Waals surface area (Å²) in [6, 6.07) is 3.68. The van der Waals surface area contributed by atoms with Gasteiger partial charge in [0.15, 0.2) is 6.29 Å². The fourth-order valence-corrected chi connectivity index (χ4v) is 1.44. The van der Waals surface area contributed by atoms with Crippen molar-refractivity contribution in [3.8, 4) is 0 Å². The molecule has 0 atom stereocenters. The van der Waals surface area contributed by atoms with Crippen molar-refractivity contribution in [2.75, 3.05) is 5.32 Å². The number of hydrogen-bond donors (Lipinski definition) is 1. The highest BCUT2D eigenvalue weighted by molar-refractivity contribution is 5.96. The smallest absolute Gasteiger partial charge is 0.221 e. The van der Waals surface area contributed by atoms with E-state index in [2.05, 4.69) is 5.32 Å². The van der Waals surface area contributed by atoms with Gasteiger partial charge < -0.3 is 5.32 Å². The Hall–Kier alpha value is -1.64. The molecule has 1 amide bonds. The highest BCUT2D eigenvalue weighted by Crippen LogP contribution is 2.21. The highest BCUT2D eigenvalue weighted by atomic mass is 16.1. The summed E-state index contributed by atoms with van der Waals surface area (Å²) in [7, 11) is 0. The maximum absolute atomic E-state index is 10.9. The van der Waals surface area contributed by atoms with Crippen LogP contribution in [0.4, 0.5) is 5.69 Å². The average Bonchev–Trinajstić information content (AvgIpc) is 2.08. The molecule has 0 aliphatic carbocycles. The third kappa shape index (κ3) is 2.19. The number of amides is 1. The number of aryl methyl sites for hydroxylation is 2. The van der Waals surface area contributed by atoms with Gasteiger partial charge in [-0.2, -0.15) is 0 Å². The van der Waals surface area contributed by atoms with Crippen LogP contribution in [0.2, 0.25) is 0 Å². The van der Waals surface area contributed by atoms with E-state index in [1.807, 2.05) is 19.9 Å². The lowest BCUT2D eigenvalue weighted by atomic mass is 10.0. The number of carbonyl (C=O) groups excluding carboxylic acids is 2. The summed E-state index contributed by atoms with van der Waals surface area (Å²) in [6.07, 6.45) is 0.755. The molecule has 0 fully saturated rings. The van der Waals surface area contributed by atoms with E-state index >= 15 is 0 Å². The molecule has 0 saturated heterocycles. The zero-order valence-electron chi connectivity index (χ0n) is 8.55. The summed E-state index contributed by atoms with van der Waals surface area (Å²) in [5, 5.41) is 2.65. The molecule has 3 heteroatoms. The standard InChI is InChI=1S/C11H13NO2/c1-7-4-8(2)11(12-9(3)14)10(5-7)6-13/h4-6H,1-3H3,(H,12,14). The molecule has 0 spiro atoms. The first-order valence-corrected chi connectivity index (χ1v) is 4.38. The van der Waals surface area contributed by atoms with E-state index in [-0.39, 0.29) is 5.91 Å². The number of carbonyl (C=O) groups is 2. The molecule has 1 rings (SSSR count). The van der Waals surface area contributed by atoms with Crippen LogP contribution in [0.25, 0.3) is 0 Å². The summed E-state index contributed by atoms with van der Waals surface area (Å²) in [4.78, 5) is 21.7. The van der Waals surface area contributed by atoms with Crippen molar-refractivity contribution in [3.05, 3.63) is 28.8 Å². The van der Waals surface area contributed by atoms with Crippen molar-refractivity contribution in [2.24, 2.45) is 0 Å². The molecule has 0 aromatic heterocycles. The van der Waals surface area contributed by atoms with E-state index in [0.717, 1.165) is 17.4 Å². The highest BCUT2D eigenvalue weighted by Gasteiger charge is 2.07.